The molecule has 5 rings (SSSR count). The summed E-state index contributed by atoms with van der Waals surface area (Å²) in [5.74, 6) is 0. The first-order valence-electron chi connectivity index (χ1n) is 12.5. The Labute approximate surface area is 246 Å². The molecule has 4 aromatic rings. The number of benzene rings is 2. The number of nitrogens with zero attached hydrogens (tertiary/aromatic N) is 2. The normalized spacial score (nSPS) is 16.1. The standard InChI is InChI=1S/C17H21BClNO3.C11H9ClINO/c1-6-20-14-8-7-11(9-12(14)13(19)10-15(20)21)18-22-16(2,3)17(4,5)23-18;1-2-14-10-4-3-7(13)5-8(10)9(12)6-11(14)15/h7-10H,6H2,1-5H3;3-6H,2H2,1H3. The van der Waals surface area contributed by atoms with E-state index in [2.05, 4.69) is 22.6 Å². The smallest absolute Gasteiger partial charge is 0.399 e. The fourth-order valence-electron chi connectivity index (χ4n) is 4.46. The van der Waals surface area contributed by atoms with Crippen LogP contribution in [0.25, 0.3) is 21.8 Å². The quantitative estimate of drug-likeness (QED) is 0.192. The zero-order valence-electron chi connectivity index (χ0n) is 22.3. The monoisotopic (exact) mass is 666 g/mol. The van der Waals surface area contributed by atoms with Crippen molar-refractivity contribution in [2.24, 2.45) is 0 Å². The van der Waals surface area contributed by atoms with Gasteiger partial charge in [0.2, 0.25) is 0 Å². The minimum Gasteiger partial charge on any atom is -0.399 e. The molecule has 38 heavy (non-hydrogen) atoms. The van der Waals surface area contributed by atoms with Gasteiger partial charge in [-0.1, -0.05) is 35.3 Å². The van der Waals surface area contributed by atoms with Crippen LogP contribution in [0.4, 0.5) is 0 Å². The lowest BCUT2D eigenvalue weighted by molar-refractivity contribution is 0.00578. The van der Waals surface area contributed by atoms with Crippen molar-refractivity contribution < 1.29 is 9.31 Å². The lowest BCUT2D eigenvalue weighted by Gasteiger charge is -2.32. The fraction of sp³-hybridized carbons (Fsp3) is 0.357. The van der Waals surface area contributed by atoms with E-state index in [1.807, 2.05) is 77.9 Å². The molecular weight excluding hydrogens is 637 g/mol. The van der Waals surface area contributed by atoms with Crippen molar-refractivity contribution >= 4 is 80.2 Å². The molecule has 0 spiro atoms. The molecule has 0 bridgehead atoms. The maximum Gasteiger partial charge on any atom is 0.494 e. The summed E-state index contributed by atoms with van der Waals surface area (Å²) < 4.78 is 16.7. The van der Waals surface area contributed by atoms with E-state index in [-0.39, 0.29) is 11.1 Å². The lowest BCUT2D eigenvalue weighted by atomic mass is 9.78. The molecule has 2 aromatic carbocycles. The molecule has 3 heterocycles. The van der Waals surface area contributed by atoms with Gasteiger partial charge < -0.3 is 18.4 Å². The third-order valence-corrected chi connectivity index (χ3v) is 8.56. The molecule has 0 aliphatic carbocycles. The van der Waals surface area contributed by atoms with Crippen molar-refractivity contribution in [3.63, 3.8) is 0 Å². The van der Waals surface area contributed by atoms with E-state index in [4.69, 9.17) is 32.5 Å². The summed E-state index contributed by atoms with van der Waals surface area (Å²) in [5, 5.41) is 2.75. The van der Waals surface area contributed by atoms with Crippen LogP contribution in [0.5, 0.6) is 0 Å². The molecule has 0 unspecified atom stereocenters. The topological polar surface area (TPSA) is 62.5 Å². The van der Waals surface area contributed by atoms with Gasteiger partial charge in [0.25, 0.3) is 11.1 Å². The molecule has 0 N–H and O–H groups in total. The molecule has 2 aromatic heterocycles. The molecule has 1 saturated heterocycles. The Morgan fingerprint density at radius 3 is 1.68 bits per heavy atom. The first kappa shape index (κ1) is 29.1. The molecule has 200 valence electrons. The Kier molecular flexibility index (Phi) is 8.41. The number of hydrogen-bond acceptors (Lipinski definition) is 4. The van der Waals surface area contributed by atoms with Gasteiger partial charge in [0, 0.05) is 39.6 Å². The summed E-state index contributed by atoms with van der Waals surface area (Å²) in [5.41, 5.74) is 1.71. The van der Waals surface area contributed by atoms with Crippen LogP contribution < -0.4 is 16.6 Å². The Bertz CT molecular complexity index is 1630. The summed E-state index contributed by atoms with van der Waals surface area (Å²) in [4.78, 5) is 23.7. The number of rotatable bonds is 3. The highest BCUT2D eigenvalue weighted by molar-refractivity contribution is 14.1. The average molecular weight is 667 g/mol. The third-order valence-electron chi connectivity index (χ3n) is 7.27. The Morgan fingerprint density at radius 1 is 0.763 bits per heavy atom. The van der Waals surface area contributed by atoms with Gasteiger partial charge in [-0.25, -0.2) is 0 Å². The van der Waals surface area contributed by atoms with Crippen molar-refractivity contribution in [2.45, 2.75) is 65.8 Å². The summed E-state index contributed by atoms with van der Waals surface area (Å²) in [6, 6.07) is 14.6. The Morgan fingerprint density at radius 2 is 1.21 bits per heavy atom. The van der Waals surface area contributed by atoms with Gasteiger partial charge in [0.1, 0.15) is 0 Å². The second-order valence-electron chi connectivity index (χ2n) is 10.2. The molecule has 0 amide bonds. The maximum atomic E-state index is 12.0. The van der Waals surface area contributed by atoms with E-state index >= 15 is 0 Å². The van der Waals surface area contributed by atoms with Crippen LogP contribution in [-0.2, 0) is 22.4 Å². The second kappa shape index (κ2) is 11.0. The number of aromatic nitrogens is 2. The van der Waals surface area contributed by atoms with Gasteiger partial charge in [-0.2, -0.15) is 0 Å². The second-order valence-corrected chi connectivity index (χ2v) is 12.2. The van der Waals surface area contributed by atoms with Gasteiger partial charge in [0.15, 0.2) is 0 Å². The summed E-state index contributed by atoms with van der Waals surface area (Å²) in [7, 11) is -0.442. The molecule has 0 atom stereocenters. The van der Waals surface area contributed by atoms with Crippen molar-refractivity contribution in [1.29, 1.82) is 0 Å². The van der Waals surface area contributed by atoms with Gasteiger partial charge in [-0.05, 0) is 93.9 Å². The van der Waals surface area contributed by atoms with Crippen LogP contribution in [0.1, 0.15) is 41.5 Å². The summed E-state index contributed by atoms with van der Waals surface area (Å²) >= 11 is 14.6. The summed E-state index contributed by atoms with van der Waals surface area (Å²) in [6.07, 6.45) is 0. The SMILES string of the molecule is CCn1c(=O)cc(Cl)c2cc(B3OC(C)(C)C(C)(C)O3)ccc21.CCn1c(=O)cc(Cl)c2cc(I)ccc21. The minimum absolute atomic E-state index is 0.0452. The largest absolute Gasteiger partial charge is 0.494 e. The highest BCUT2D eigenvalue weighted by atomic mass is 127. The first-order valence-corrected chi connectivity index (χ1v) is 14.3. The van der Waals surface area contributed by atoms with Crippen molar-refractivity contribution in [3.05, 3.63) is 82.9 Å². The van der Waals surface area contributed by atoms with Crippen LogP contribution in [0.2, 0.25) is 10.0 Å². The molecule has 0 radical (unpaired) electrons. The number of pyridine rings is 2. The van der Waals surface area contributed by atoms with E-state index in [1.54, 1.807) is 9.13 Å². The summed E-state index contributed by atoms with van der Waals surface area (Å²) in [6.45, 7) is 13.2. The molecule has 1 aliphatic rings. The zero-order valence-corrected chi connectivity index (χ0v) is 25.9. The average Bonchev–Trinajstić information content (AvgIpc) is 3.07. The van der Waals surface area contributed by atoms with E-state index in [0.717, 1.165) is 30.8 Å². The van der Waals surface area contributed by atoms with Crippen LogP contribution in [0.3, 0.4) is 0 Å². The zero-order chi connectivity index (χ0) is 28.0. The number of fused-ring (bicyclic) bond motifs is 2. The lowest BCUT2D eigenvalue weighted by Crippen LogP contribution is -2.41. The number of aryl methyl sites for hydroxylation is 2. The van der Waals surface area contributed by atoms with E-state index in [9.17, 15) is 9.59 Å². The molecule has 0 saturated carbocycles. The van der Waals surface area contributed by atoms with Gasteiger partial charge >= 0.3 is 7.12 Å². The van der Waals surface area contributed by atoms with Gasteiger partial charge in [-0.3, -0.25) is 9.59 Å². The fourth-order valence-corrected chi connectivity index (χ4v) is 5.44. The molecule has 10 heteroatoms. The van der Waals surface area contributed by atoms with E-state index in [0.29, 0.717) is 23.1 Å². The van der Waals surface area contributed by atoms with Crippen molar-refractivity contribution in [1.82, 2.24) is 9.13 Å². The molecular formula is C28H30BCl2IN2O4. The Balaban J connectivity index is 0.000000194. The molecule has 1 fully saturated rings. The van der Waals surface area contributed by atoms with Crippen molar-refractivity contribution in [2.75, 3.05) is 0 Å². The van der Waals surface area contributed by atoms with Gasteiger partial charge in [0.05, 0.1) is 32.3 Å². The van der Waals surface area contributed by atoms with Gasteiger partial charge in [-0.15, -0.1) is 0 Å². The Hall–Kier alpha value is -1.85. The van der Waals surface area contributed by atoms with Crippen LogP contribution >= 0.6 is 45.8 Å². The first-order chi connectivity index (χ1) is 17.8. The van der Waals surface area contributed by atoms with Crippen LogP contribution in [0, 0.1) is 3.57 Å². The van der Waals surface area contributed by atoms with E-state index in [1.165, 1.54) is 12.1 Å². The minimum atomic E-state index is -0.442. The maximum absolute atomic E-state index is 12.0. The predicted molar refractivity (Wildman–Crippen MR) is 166 cm³/mol. The predicted octanol–water partition coefficient (Wildman–Crippen LogP) is 6.25. The number of hydrogen-bond donors (Lipinski definition) is 0. The molecule has 6 nitrogen and oxygen atoms in total. The highest BCUT2D eigenvalue weighted by Crippen LogP contribution is 2.36. The van der Waals surface area contributed by atoms with Crippen LogP contribution in [0.15, 0.2) is 58.1 Å². The highest BCUT2D eigenvalue weighted by Gasteiger charge is 2.51. The van der Waals surface area contributed by atoms with Crippen molar-refractivity contribution in [3.8, 4) is 0 Å². The van der Waals surface area contributed by atoms with E-state index < -0.39 is 18.3 Å². The van der Waals surface area contributed by atoms with Crippen LogP contribution in [-0.4, -0.2) is 27.5 Å². The molecule has 1 aliphatic heterocycles. The number of halogens is 3. The third kappa shape index (κ3) is 5.43.